The Bertz CT molecular complexity index is 1000. The molecule has 26 heavy (non-hydrogen) atoms. The summed E-state index contributed by atoms with van der Waals surface area (Å²) in [5.74, 6) is -0.0425. The average molecular weight is 339 g/mol. The quantitative estimate of drug-likeness (QED) is 0.466. The number of fused-ring (bicyclic) bond motifs is 1. The van der Waals surface area contributed by atoms with E-state index < -0.39 is 0 Å². The summed E-state index contributed by atoms with van der Waals surface area (Å²) in [4.78, 5) is 15.4. The largest absolute Gasteiger partial charge is 0.354 e. The van der Waals surface area contributed by atoms with Gasteiger partial charge in [0.05, 0.1) is 0 Å². The third kappa shape index (κ3) is 3.31. The van der Waals surface area contributed by atoms with Crippen molar-refractivity contribution in [2.75, 3.05) is 0 Å². The summed E-state index contributed by atoms with van der Waals surface area (Å²) < 4.78 is 0. The minimum Gasteiger partial charge on any atom is -0.354 e. The van der Waals surface area contributed by atoms with Crippen LogP contribution in [0.5, 0.6) is 0 Å². The summed E-state index contributed by atoms with van der Waals surface area (Å²) >= 11 is 0. The number of H-pyrrole nitrogens is 1. The number of carbonyl (C=O) groups excluding carboxylic acids is 1. The first-order valence-corrected chi connectivity index (χ1v) is 8.99. The number of para-hydroxylation sites is 1. The van der Waals surface area contributed by atoms with E-state index in [1.807, 2.05) is 42.5 Å². The van der Waals surface area contributed by atoms with Gasteiger partial charge >= 0.3 is 0 Å². The molecule has 4 aromatic rings. The van der Waals surface area contributed by atoms with Gasteiger partial charge in [-0.1, -0.05) is 78.9 Å². The number of benzene rings is 3. The zero-order chi connectivity index (χ0) is 17.8. The molecule has 0 radical (unpaired) electrons. The minimum absolute atomic E-state index is 0.0425. The van der Waals surface area contributed by atoms with Crippen molar-refractivity contribution in [1.29, 1.82) is 0 Å². The molecule has 1 heterocycles. The SMILES string of the molecule is O=CC(Cc1ccccc1)Cc1c(-c2ccccc2)[nH]c2ccccc12. The molecule has 0 spiro atoms. The van der Waals surface area contributed by atoms with Crippen LogP contribution in [0.3, 0.4) is 0 Å². The zero-order valence-corrected chi connectivity index (χ0v) is 14.6. The maximum absolute atomic E-state index is 11.8. The summed E-state index contributed by atoms with van der Waals surface area (Å²) in [5.41, 5.74) is 5.81. The minimum atomic E-state index is -0.0425. The molecule has 0 saturated carbocycles. The molecule has 0 aliphatic carbocycles. The Morgan fingerprint density at radius 1 is 0.769 bits per heavy atom. The predicted octanol–water partition coefficient (Wildman–Crippen LogP) is 5.44. The van der Waals surface area contributed by atoms with E-state index >= 15 is 0 Å². The fourth-order valence-electron chi connectivity index (χ4n) is 3.61. The van der Waals surface area contributed by atoms with Crippen LogP contribution in [0, 0.1) is 5.92 Å². The summed E-state index contributed by atoms with van der Waals surface area (Å²) in [6.07, 6.45) is 2.59. The van der Waals surface area contributed by atoms with E-state index in [-0.39, 0.29) is 5.92 Å². The van der Waals surface area contributed by atoms with Crippen LogP contribution in [0.2, 0.25) is 0 Å². The molecule has 1 atom stereocenters. The first-order chi connectivity index (χ1) is 12.8. The van der Waals surface area contributed by atoms with Crippen molar-refractivity contribution < 1.29 is 4.79 Å². The monoisotopic (exact) mass is 339 g/mol. The molecule has 2 heteroatoms. The summed E-state index contributed by atoms with van der Waals surface area (Å²) in [7, 11) is 0. The van der Waals surface area contributed by atoms with Crippen LogP contribution < -0.4 is 0 Å². The van der Waals surface area contributed by atoms with Crippen LogP contribution in [0.4, 0.5) is 0 Å². The van der Waals surface area contributed by atoms with Gasteiger partial charge < -0.3 is 9.78 Å². The van der Waals surface area contributed by atoms with Crippen molar-refractivity contribution in [2.24, 2.45) is 5.92 Å². The van der Waals surface area contributed by atoms with Crippen LogP contribution in [0.25, 0.3) is 22.2 Å². The summed E-state index contributed by atoms with van der Waals surface area (Å²) in [6.45, 7) is 0. The lowest BCUT2D eigenvalue weighted by atomic mass is 9.91. The molecule has 0 saturated heterocycles. The van der Waals surface area contributed by atoms with Gasteiger partial charge in [-0.3, -0.25) is 0 Å². The van der Waals surface area contributed by atoms with Gasteiger partial charge in [-0.2, -0.15) is 0 Å². The van der Waals surface area contributed by atoms with E-state index in [1.165, 1.54) is 16.5 Å². The number of nitrogens with one attached hydrogen (secondary N) is 1. The van der Waals surface area contributed by atoms with Crippen LogP contribution >= 0.6 is 0 Å². The third-order valence-electron chi connectivity index (χ3n) is 4.88. The molecule has 1 unspecified atom stereocenters. The first-order valence-electron chi connectivity index (χ1n) is 8.99. The molecule has 128 valence electrons. The highest BCUT2D eigenvalue weighted by Gasteiger charge is 2.18. The van der Waals surface area contributed by atoms with E-state index in [4.69, 9.17) is 0 Å². The molecule has 0 aliphatic heterocycles. The van der Waals surface area contributed by atoms with Crippen molar-refractivity contribution in [3.8, 4) is 11.3 Å². The highest BCUT2D eigenvalue weighted by atomic mass is 16.1. The maximum Gasteiger partial charge on any atom is 0.123 e. The van der Waals surface area contributed by atoms with E-state index in [1.54, 1.807) is 0 Å². The summed E-state index contributed by atoms with van der Waals surface area (Å²) in [5, 5.41) is 1.20. The number of aromatic nitrogens is 1. The van der Waals surface area contributed by atoms with Crippen molar-refractivity contribution >= 4 is 17.2 Å². The van der Waals surface area contributed by atoms with E-state index in [9.17, 15) is 4.79 Å². The van der Waals surface area contributed by atoms with Gasteiger partial charge in [0.1, 0.15) is 6.29 Å². The highest BCUT2D eigenvalue weighted by Crippen LogP contribution is 2.32. The van der Waals surface area contributed by atoms with Gasteiger partial charge in [0.2, 0.25) is 0 Å². The van der Waals surface area contributed by atoms with Crippen LogP contribution in [0.15, 0.2) is 84.9 Å². The van der Waals surface area contributed by atoms with E-state index in [2.05, 4.69) is 47.4 Å². The standard InChI is InChI=1S/C24H21NO/c26-17-19(15-18-9-3-1-4-10-18)16-22-21-13-7-8-14-23(21)25-24(22)20-11-5-2-6-12-20/h1-14,17,19,25H,15-16H2. The first kappa shape index (κ1) is 16.3. The molecule has 1 aromatic heterocycles. The molecule has 3 aromatic carbocycles. The number of aldehydes is 1. The second-order valence-electron chi connectivity index (χ2n) is 6.68. The maximum atomic E-state index is 11.8. The van der Waals surface area contributed by atoms with Crippen LogP contribution in [0.1, 0.15) is 11.1 Å². The van der Waals surface area contributed by atoms with Gasteiger partial charge in [0, 0.05) is 22.5 Å². The number of aromatic amines is 1. The Labute approximate surface area is 153 Å². The van der Waals surface area contributed by atoms with Crippen LogP contribution in [-0.2, 0) is 17.6 Å². The third-order valence-corrected chi connectivity index (χ3v) is 4.88. The molecular weight excluding hydrogens is 318 g/mol. The second kappa shape index (κ2) is 7.40. The molecule has 0 fully saturated rings. The molecule has 0 aliphatic rings. The second-order valence-corrected chi connectivity index (χ2v) is 6.68. The zero-order valence-electron chi connectivity index (χ0n) is 14.6. The Morgan fingerprint density at radius 3 is 2.15 bits per heavy atom. The number of rotatable bonds is 6. The predicted molar refractivity (Wildman–Crippen MR) is 107 cm³/mol. The Morgan fingerprint density at radius 2 is 1.42 bits per heavy atom. The van der Waals surface area contributed by atoms with E-state index in [0.717, 1.165) is 35.9 Å². The van der Waals surface area contributed by atoms with Crippen molar-refractivity contribution in [3.63, 3.8) is 0 Å². The topological polar surface area (TPSA) is 32.9 Å². The number of hydrogen-bond acceptors (Lipinski definition) is 1. The lowest BCUT2D eigenvalue weighted by Gasteiger charge is -2.12. The Balaban J connectivity index is 1.73. The number of carbonyl (C=O) groups is 1. The Hall–Kier alpha value is -3.13. The number of hydrogen-bond donors (Lipinski definition) is 1. The van der Waals surface area contributed by atoms with Crippen molar-refractivity contribution in [2.45, 2.75) is 12.8 Å². The van der Waals surface area contributed by atoms with Gasteiger partial charge in [-0.25, -0.2) is 0 Å². The molecule has 1 N–H and O–H groups in total. The van der Waals surface area contributed by atoms with E-state index in [0.29, 0.717) is 0 Å². The van der Waals surface area contributed by atoms with Gasteiger partial charge in [0.15, 0.2) is 0 Å². The van der Waals surface area contributed by atoms with Crippen LogP contribution in [-0.4, -0.2) is 11.3 Å². The fourth-order valence-corrected chi connectivity index (χ4v) is 3.61. The van der Waals surface area contributed by atoms with Gasteiger partial charge in [0.25, 0.3) is 0 Å². The Kier molecular flexibility index (Phi) is 4.65. The summed E-state index contributed by atoms with van der Waals surface area (Å²) in [6, 6.07) is 28.9. The van der Waals surface area contributed by atoms with Gasteiger partial charge in [-0.05, 0) is 35.6 Å². The lowest BCUT2D eigenvalue weighted by molar-refractivity contribution is -0.111. The normalized spacial score (nSPS) is 12.2. The molecule has 2 nitrogen and oxygen atoms in total. The van der Waals surface area contributed by atoms with Crippen molar-refractivity contribution in [1.82, 2.24) is 4.98 Å². The highest BCUT2D eigenvalue weighted by molar-refractivity contribution is 5.91. The van der Waals surface area contributed by atoms with Crippen molar-refractivity contribution in [3.05, 3.63) is 96.1 Å². The molecule has 0 amide bonds. The molecule has 0 bridgehead atoms. The lowest BCUT2D eigenvalue weighted by Crippen LogP contribution is -2.10. The fraction of sp³-hybridized carbons (Fsp3) is 0.125. The van der Waals surface area contributed by atoms with Gasteiger partial charge in [-0.15, -0.1) is 0 Å². The average Bonchev–Trinajstić information content (AvgIpc) is 3.07. The smallest absolute Gasteiger partial charge is 0.123 e. The molecule has 4 rings (SSSR count). The molecular formula is C24H21NO.